The number of halogens is 3. The van der Waals surface area contributed by atoms with Crippen molar-refractivity contribution in [3.05, 3.63) is 29.8 Å². The maximum absolute atomic E-state index is 12.0. The molecule has 0 heterocycles. The van der Waals surface area contributed by atoms with E-state index in [-0.39, 0.29) is 16.7 Å². The molecule has 0 aliphatic carbocycles. The highest BCUT2D eigenvalue weighted by Crippen LogP contribution is 2.36. The largest absolute Gasteiger partial charge is 0.446 e. The predicted octanol–water partition coefficient (Wildman–Crippen LogP) is 1.78. The van der Waals surface area contributed by atoms with Crippen molar-refractivity contribution in [2.45, 2.75) is 16.4 Å². The van der Waals surface area contributed by atoms with Crippen LogP contribution in [0.3, 0.4) is 0 Å². The molecule has 0 saturated carbocycles. The highest BCUT2D eigenvalue weighted by molar-refractivity contribution is 8.00. The molecule has 16 heavy (non-hydrogen) atoms. The van der Waals surface area contributed by atoms with Crippen molar-refractivity contribution in [3.63, 3.8) is 0 Å². The summed E-state index contributed by atoms with van der Waals surface area (Å²) in [4.78, 5) is 10.8. The second-order valence-electron chi connectivity index (χ2n) is 3.00. The second kappa shape index (κ2) is 4.75. The van der Waals surface area contributed by atoms with E-state index in [1.165, 1.54) is 24.3 Å². The van der Waals surface area contributed by atoms with Crippen LogP contribution in [-0.4, -0.2) is 11.4 Å². The lowest BCUT2D eigenvalue weighted by molar-refractivity contribution is -0.119. The van der Waals surface area contributed by atoms with Crippen molar-refractivity contribution in [1.82, 2.24) is 0 Å². The fourth-order valence-electron chi connectivity index (χ4n) is 1.04. The highest BCUT2D eigenvalue weighted by atomic mass is 32.2. The molecular weight excluding hydrogens is 241 g/mol. The van der Waals surface area contributed by atoms with Gasteiger partial charge in [0.2, 0.25) is 5.91 Å². The predicted molar refractivity (Wildman–Crippen MR) is 54.5 cm³/mol. The van der Waals surface area contributed by atoms with E-state index in [9.17, 15) is 18.0 Å². The Morgan fingerprint density at radius 3 is 2.12 bits per heavy atom. The Kier molecular flexibility index (Phi) is 3.82. The lowest BCUT2D eigenvalue weighted by atomic mass is 10.1. The third-order valence-electron chi connectivity index (χ3n) is 1.78. The molecule has 0 aliphatic heterocycles. The zero-order valence-electron chi connectivity index (χ0n) is 7.99. The summed E-state index contributed by atoms with van der Waals surface area (Å²) < 4.78 is 36.0. The fraction of sp³-hybridized carbons (Fsp3) is 0.222. The van der Waals surface area contributed by atoms with Gasteiger partial charge >= 0.3 is 5.51 Å². The third-order valence-corrected chi connectivity index (χ3v) is 2.52. The molecule has 0 fully saturated rings. The number of hydrogen-bond acceptors (Lipinski definition) is 3. The van der Waals surface area contributed by atoms with Crippen LogP contribution >= 0.6 is 11.8 Å². The van der Waals surface area contributed by atoms with Gasteiger partial charge in [0.05, 0.1) is 0 Å². The van der Waals surface area contributed by atoms with Crippen molar-refractivity contribution in [2.24, 2.45) is 11.5 Å². The smallest absolute Gasteiger partial charge is 0.368 e. The maximum Gasteiger partial charge on any atom is 0.446 e. The van der Waals surface area contributed by atoms with Gasteiger partial charge in [0.1, 0.15) is 6.04 Å². The van der Waals surface area contributed by atoms with Gasteiger partial charge in [0, 0.05) is 4.90 Å². The Hall–Kier alpha value is -1.21. The summed E-state index contributed by atoms with van der Waals surface area (Å²) in [7, 11) is 0. The monoisotopic (exact) mass is 250 g/mol. The van der Waals surface area contributed by atoms with Gasteiger partial charge in [-0.3, -0.25) is 4.79 Å². The van der Waals surface area contributed by atoms with Crippen LogP contribution in [0.4, 0.5) is 13.2 Å². The van der Waals surface area contributed by atoms with Crippen molar-refractivity contribution >= 4 is 17.7 Å². The lowest BCUT2D eigenvalue weighted by Crippen LogP contribution is -2.28. The molecule has 0 bridgehead atoms. The number of nitrogens with two attached hydrogens (primary N) is 2. The molecule has 1 atom stereocenters. The number of thioether (sulfide) groups is 1. The van der Waals surface area contributed by atoms with Gasteiger partial charge in [-0.1, -0.05) is 12.1 Å². The number of benzene rings is 1. The van der Waals surface area contributed by atoms with Crippen LogP contribution in [0.5, 0.6) is 0 Å². The minimum Gasteiger partial charge on any atom is -0.368 e. The molecule has 0 saturated heterocycles. The zero-order chi connectivity index (χ0) is 12.3. The normalized spacial score (nSPS) is 13.5. The van der Waals surface area contributed by atoms with E-state index >= 15 is 0 Å². The van der Waals surface area contributed by atoms with Crippen LogP contribution in [-0.2, 0) is 4.79 Å². The Morgan fingerprint density at radius 2 is 1.75 bits per heavy atom. The number of rotatable bonds is 3. The molecule has 88 valence electrons. The molecule has 0 aliphatic rings. The van der Waals surface area contributed by atoms with Crippen molar-refractivity contribution in [3.8, 4) is 0 Å². The Labute approximate surface area is 94.0 Å². The van der Waals surface area contributed by atoms with Crippen LogP contribution in [0.2, 0.25) is 0 Å². The zero-order valence-corrected chi connectivity index (χ0v) is 8.81. The molecule has 1 unspecified atom stereocenters. The fourth-order valence-corrected chi connectivity index (χ4v) is 1.58. The molecule has 1 aromatic rings. The van der Waals surface area contributed by atoms with Gasteiger partial charge in [-0.15, -0.1) is 0 Å². The van der Waals surface area contributed by atoms with Crippen LogP contribution in [0.25, 0.3) is 0 Å². The number of carbonyl (C=O) groups is 1. The second-order valence-corrected chi connectivity index (χ2v) is 4.14. The highest BCUT2D eigenvalue weighted by Gasteiger charge is 2.29. The molecule has 0 aromatic heterocycles. The van der Waals surface area contributed by atoms with Crippen LogP contribution < -0.4 is 11.5 Å². The molecular formula is C9H9F3N2OS. The summed E-state index contributed by atoms with van der Waals surface area (Å²) in [6, 6.07) is 4.20. The SMILES string of the molecule is NC(=O)C(N)c1ccc(SC(F)(F)F)cc1. The Morgan fingerprint density at radius 1 is 1.25 bits per heavy atom. The third kappa shape index (κ3) is 3.74. The van der Waals surface area contributed by atoms with Crippen LogP contribution in [0.1, 0.15) is 11.6 Å². The first-order chi connectivity index (χ1) is 7.29. The van der Waals surface area contributed by atoms with E-state index in [2.05, 4.69) is 0 Å². The van der Waals surface area contributed by atoms with E-state index in [0.29, 0.717) is 5.56 Å². The molecule has 1 rings (SSSR count). The van der Waals surface area contributed by atoms with Gasteiger partial charge in [-0.05, 0) is 29.5 Å². The van der Waals surface area contributed by atoms with E-state index in [1.807, 2.05) is 0 Å². The first-order valence-electron chi connectivity index (χ1n) is 4.20. The summed E-state index contributed by atoms with van der Waals surface area (Å²) in [5.41, 5.74) is 6.43. The quantitative estimate of drug-likeness (QED) is 0.803. The van der Waals surface area contributed by atoms with Gasteiger partial charge < -0.3 is 11.5 Å². The van der Waals surface area contributed by atoms with E-state index in [0.717, 1.165) is 0 Å². The number of alkyl halides is 3. The topological polar surface area (TPSA) is 69.1 Å². The molecule has 1 amide bonds. The van der Waals surface area contributed by atoms with Gasteiger partial charge in [0.25, 0.3) is 0 Å². The van der Waals surface area contributed by atoms with Crippen LogP contribution in [0, 0.1) is 0 Å². The minimum atomic E-state index is -4.33. The van der Waals surface area contributed by atoms with Crippen molar-refractivity contribution in [2.75, 3.05) is 0 Å². The summed E-state index contributed by atoms with van der Waals surface area (Å²) in [5, 5.41) is 0. The summed E-state index contributed by atoms with van der Waals surface area (Å²) in [6.07, 6.45) is 0. The number of hydrogen-bond donors (Lipinski definition) is 2. The molecule has 7 heteroatoms. The molecule has 1 aromatic carbocycles. The summed E-state index contributed by atoms with van der Waals surface area (Å²) in [5.74, 6) is -0.726. The first-order valence-corrected chi connectivity index (χ1v) is 5.02. The Balaban J connectivity index is 2.79. The lowest BCUT2D eigenvalue weighted by Gasteiger charge is -2.09. The van der Waals surface area contributed by atoms with Crippen molar-refractivity contribution < 1.29 is 18.0 Å². The average molecular weight is 250 g/mol. The number of carbonyl (C=O) groups excluding carboxylic acids is 1. The Bertz CT molecular complexity index is 377. The van der Waals surface area contributed by atoms with Crippen LogP contribution in [0.15, 0.2) is 29.2 Å². The van der Waals surface area contributed by atoms with E-state index < -0.39 is 17.5 Å². The summed E-state index contributed by atoms with van der Waals surface area (Å²) >= 11 is -0.227. The maximum atomic E-state index is 12.0. The van der Waals surface area contributed by atoms with Gasteiger partial charge in [-0.25, -0.2) is 0 Å². The standard InChI is InChI=1S/C9H9F3N2OS/c10-9(11,12)16-6-3-1-5(2-4-6)7(13)8(14)15/h1-4,7H,13H2,(H2,14,15). The number of primary amides is 1. The minimum absolute atomic E-state index is 0.0351. The van der Waals surface area contributed by atoms with E-state index in [4.69, 9.17) is 11.5 Å². The average Bonchev–Trinajstić information content (AvgIpc) is 2.15. The molecule has 0 radical (unpaired) electrons. The summed E-state index contributed by atoms with van der Waals surface area (Å²) in [6.45, 7) is 0. The first kappa shape index (κ1) is 12.9. The van der Waals surface area contributed by atoms with Gasteiger partial charge in [0.15, 0.2) is 0 Å². The van der Waals surface area contributed by atoms with Gasteiger partial charge in [-0.2, -0.15) is 13.2 Å². The molecule has 4 N–H and O–H groups in total. The molecule has 3 nitrogen and oxygen atoms in total. The number of amides is 1. The molecule has 0 spiro atoms. The van der Waals surface area contributed by atoms with Crippen molar-refractivity contribution in [1.29, 1.82) is 0 Å². The van der Waals surface area contributed by atoms with E-state index in [1.54, 1.807) is 0 Å².